The summed E-state index contributed by atoms with van der Waals surface area (Å²) in [6.07, 6.45) is 1.59. The fourth-order valence-electron chi connectivity index (χ4n) is 3.76. The van der Waals surface area contributed by atoms with Crippen LogP contribution in [-0.2, 0) is 4.79 Å². The van der Waals surface area contributed by atoms with Crippen LogP contribution in [0.3, 0.4) is 0 Å². The molecule has 2 amide bonds. The van der Waals surface area contributed by atoms with Crippen LogP contribution >= 0.6 is 11.6 Å². The van der Waals surface area contributed by atoms with Crippen LogP contribution in [0.5, 0.6) is 11.5 Å². The molecule has 1 atom stereocenters. The summed E-state index contributed by atoms with van der Waals surface area (Å²) in [6, 6.07) is 14.1. The summed E-state index contributed by atoms with van der Waals surface area (Å²) in [6.45, 7) is 5.59. The van der Waals surface area contributed by atoms with Gasteiger partial charge in [-0.3, -0.25) is 9.59 Å². The lowest BCUT2D eigenvalue weighted by Crippen LogP contribution is -2.49. The lowest BCUT2D eigenvalue weighted by Gasteiger charge is -2.35. The lowest BCUT2D eigenvalue weighted by molar-refractivity contribution is -0.137. The Morgan fingerprint density at radius 3 is 2.53 bits per heavy atom. The minimum atomic E-state index is -0.142. The van der Waals surface area contributed by atoms with Gasteiger partial charge in [0.25, 0.3) is 11.8 Å². The van der Waals surface area contributed by atoms with Crippen molar-refractivity contribution in [1.82, 2.24) is 9.80 Å². The second-order valence-electron chi connectivity index (χ2n) is 8.38. The van der Waals surface area contributed by atoms with Crippen molar-refractivity contribution in [2.75, 3.05) is 33.4 Å². The van der Waals surface area contributed by atoms with E-state index in [4.69, 9.17) is 21.1 Å². The van der Waals surface area contributed by atoms with Gasteiger partial charge < -0.3 is 19.3 Å². The molecule has 0 aliphatic carbocycles. The first-order valence-electron chi connectivity index (χ1n) is 11.0. The van der Waals surface area contributed by atoms with Gasteiger partial charge in [-0.2, -0.15) is 0 Å². The van der Waals surface area contributed by atoms with Gasteiger partial charge in [0.1, 0.15) is 18.1 Å². The van der Waals surface area contributed by atoms with E-state index >= 15 is 0 Å². The monoisotopic (exact) mass is 458 g/mol. The number of hydrogen-bond acceptors (Lipinski definition) is 4. The highest BCUT2D eigenvalue weighted by molar-refractivity contribution is 6.30. The average molecular weight is 459 g/mol. The summed E-state index contributed by atoms with van der Waals surface area (Å²) in [5.74, 6) is 1.18. The van der Waals surface area contributed by atoms with Crippen LogP contribution < -0.4 is 9.47 Å². The van der Waals surface area contributed by atoms with E-state index in [9.17, 15) is 9.59 Å². The van der Waals surface area contributed by atoms with Crippen LogP contribution in [0.2, 0.25) is 5.02 Å². The minimum absolute atomic E-state index is 0.0495. The van der Waals surface area contributed by atoms with E-state index in [-0.39, 0.29) is 30.4 Å². The topological polar surface area (TPSA) is 59.1 Å². The van der Waals surface area contributed by atoms with Gasteiger partial charge in [-0.15, -0.1) is 0 Å². The van der Waals surface area contributed by atoms with Crippen LogP contribution in [-0.4, -0.2) is 61.0 Å². The number of benzene rings is 2. The maximum atomic E-state index is 13.2. The van der Waals surface area contributed by atoms with Crippen molar-refractivity contribution in [3.05, 3.63) is 59.1 Å². The van der Waals surface area contributed by atoms with E-state index in [1.165, 1.54) is 0 Å². The summed E-state index contributed by atoms with van der Waals surface area (Å²) in [4.78, 5) is 29.6. The number of ether oxygens (including phenoxy) is 2. The molecule has 0 saturated heterocycles. The van der Waals surface area contributed by atoms with E-state index in [1.54, 1.807) is 48.3 Å². The lowest BCUT2D eigenvalue weighted by atomic mass is 10.0. The Hall–Kier alpha value is -2.73. The average Bonchev–Trinajstić information content (AvgIpc) is 2.78. The number of carbonyl (C=O) groups is 2. The summed E-state index contributed by atoms with van der Waals surface area (Å²) in [7, 11) is 1.80. The Kier molecular flexibility index (Phi) is 8.39. The minimum Gasteiger partial charge on any atom is -0.491 e. The molecule has 0 spiro atoms. The molecule has 2 aromatic carbocycles. The molecule has 7 heteroatoms. The molecule has 1 aliphatic heterocycles. The highest BCUT2D eigenvalue weighted by Gasteiger charge is 2.28. The van der Waals surface area contributed by atoms with Crippen LogP contribution in [0.4, 0.5) is 0 Å². The SMILES string of the molecule is CC(C)[C@H]1COc2ccccc2C(=O)N(C)CCCCN1C(=O)COc1ccc(Cl)cc1. The van der Waals surface area contributed by atoms with E-state index in [0.717, 1.165) is 12.8 Å². The summed E-state index contributed by atoms with van der Waals surface area (Å²) >= 11 is 5.92. The zero-order valence-corrected chi connectivity index (χ0v) is 19.7. The molecular weight excluding hydrogens is 428 g/mol. The van der Waals surface area contributed by atoms with Gasteiger partial charge in [-0.1, -0.05) is 37.6 Å². The quantitative estimate of drug-likeness (QED) is 0.676. The van der Waals surface area contributed by atoms with E-state index in [0.29, 0.717) is 41.8 Å². The number of hydrogen-bond donors (Lipinski definition) is 0. The van der Waals surface area contributed by atoms with Gasteiger partial charge in [0, 0.05) is 25.2 Å². The molecule has 0 unspecified atom stereocenters. The Morgan fingerprint density at radius 1 is 1.12 bits per heavy atom. The zero-order valence-electron chi connectivity index (χ0n) is 18.9. The van der Waals surface area contributed by atoms with Crippen molar-refractivity contribution in [2.24, 2.45) is 5.92 Å². The molecule has 32 heavy (non-hydrogen) atoms. The number of halogens is 1. The smallest absolute Gasteiger partial charge is 0.260 e. The van der Waals surface area contributed by atoms with Crippen molar-refractivity contribution in [3.63, 3.8) is 0 Å². The van der Waals surface area contributed by atoms with E-state index in [2.05, 4.69) is 13.8 Å². The highest BCUT2D eigenvalue weighted by Crippen LogP contribution is 2.23. The molecular formula is C25H31ClN2O4. The standard InChI is InChI=1S/C25H31ClN2O4/c1-18(2)22-16-32-23-9-5-4-8-21(23)25(30)27(3)14-6-7-15-28(22)24(29)17-31-20-12-10-19(26)11-13-20/h4-5,8-13,18,22H,6-7,14-17H2,1-3H3/t22-/m1/s1. The number of amides is 2. The molecule has 6 nitrogen and oxygen atoms in total. The van der Waals surface area contributed by atoms with Crippen molar-refractivity contribution in [1.29, 1.82) is 0 Å². The van der Waals surface area contributed by atoms with Crippen molar-refractivity contribution in [2.45, 2.75) is 32.7 Å². The molecule has 1 heterocycles. The molecule has 0 radical (unpaired) electrons. The third-order valence-electron chi connectivity index (χ3n) is 5.68. The second-order valence-corrected chi connectivity index (χ2v) is 8.82. The molecule has 0 N–H and O–H groups in total. The fraction of sp³-hybridized carbons (Fsp3) is 0.440. The van der Waals surface area contributed by atoms with Gasteiger partial charge in [0.15, 0.2) is 6.61 Å². The second kappa shape index (κ2) is 11.2. The van der Waals surface area contributed by atoms with Crippen LogP contribution in [0.1, 0.15) is 37.0 Å². The van der Waals surface area contributed by atoms with Gasteiger partial charge in [0.2, 0.25) is 0 Å². The fourth-order valence-corrected chi connectivity index (χ4v) is 3.89. The molecule has 1 aliphatic rings. The Labute approximate surface area is 195 Å². The Bertz CT molecular complexity index is 916. The molecule has 0 aromatic heterocycles. The molecule has 172 valence electrons. The predicted octanol–water partition coefficient (Wildman–Crippen LogP) is 4.52. The largest absolute Gasteiger partial charge is 0.491 e. The first-order chi connectivity index (χ1) is 15.4. The predicted molar refractivity (Wildman–Crippen MR) is 125 cm³/mol. The molecule has 2 aromatic rings. The van der Waals surface area contributed by atoms with Crippen LogP contribution in [0.25, 0.3) is 0 Å². The normalized spacial score (nSPS) is 17.8. The number of carbonyl (C=O) groups excluding carboxylic acids is 2. The molecule has 0 saturated carbocycles. The molecule has 0 bridgehead atoms. The van der Waals surface area contributed by atoms with Crippen molar-refractivity contribution >= 4 is 23.4 Å². The Balaban J connectivity index is 1.79. The van der Waals surface area contributed by atoms with Gasteiger partial charge >= 0.3 is 0 Å². The van der Waals surface area contributed by atoms with Crippen LogP contribution in [0, 0.1) is 5.92 Å². The van der Waals surface area contributed by atoms with Crippen molar-refractivity contribution < 1.29 is 19.1 Å². The molecule has 3 rings (SSSR count). The summed E-state index contributed by atoms with van der Waals surface area (Å²) < 4.78 is 11.8. The number of nitrogens with zero attached hydrogens (tertiary/aromatic N) is 2. The number of para-hydroxylation sites is 1. The third kappa shape index (κ3) is 6.16. The zero-order chi connectivity index (χ0) is 23.1. The summed E-state index contributed by atoms with van der Waals surface area (Å²) in [5, 5.41) is 0.618. The number of rotatable bonds is 4. The first kappa shape index (κ1) is 23.9. The number of fused-ring (bicyclic) bond motifs is 1. The van der Waals surface area contributed by atoms with E-state index in [1.807, 2.05) is 17.0 Å². The Morgan fingerprint density at radius 2 is 1.81 bits per heavy atom. The van der Waals surface area contributed by atoms with Gasteiger partial charge in [-0.05, 0) is 55.2 Å². The van der Waals surface area contributed by atoms with E-state index < -0.39 is 0 Å². The first-order valence-corrected chi connectivity index (χ1v) is 11.4. The van der Waals surface area contributed by atoms with Gasteiger partial charge in [-0.25, -0.2) is 0 Å². The highest BCUT2D eigenvalue weighted by atomic mass is 35.5. The van der Waals surface area contributed by atoms with Crippen molar-refractivity contribution in [3.8, 4) is 11.5 Å². The van der Waals surface area contributed by atoms with Crippen LogP contribution in [0.15, 0.2) is 48.5 Å². The maximum absolute atomic E-state index is 13.2. The van der Waals surface area contributed by atoms with Gasteiger partial charge in [0.05, 0.1) is 11.6 Å². The summed E-state index contributed by atoms with van der Waals surface area (Å²) in [5.41, 5.74) is 0.544. The maximum Gasteiger partial charge on any atom is 0.260 e. The molecule has 0 fully saturated rings. The third-order valence-corrected chi connectivity index (χ3v) is 5.93.